The Morgan fingerprint density at radius 2 is 1.38 bits per heavy atom. The van der Waals surface area contributed by atoms with Gasteiger partial charge in [0.1, 0.15) is 0 Å². The Labute approximate surface area is 174 Å². The van der Waals surface area contributed by atoms with Gasteiger partial charge in [0, 0.05) is 19.2 Å². The second-order valence-electron chi connectivity index (χ2n) is 7.66. The largest absolute Gasteiger partial charge is 0.377 e. The average molecular weight is 384 g/mol. The fraction of sp³-hybridized carbons (Fsp3) is 0.259. The summed E-state index contributed by atoms with van der Waals surface area (Å²) in [6, 6.07) is 32.8. The fourth-order valence-electron chi connectivity index (χ4n) is 4.08. The van der Waals surface area contributed by atoms with Crippen molar-refractivity contribution in [1.29, 1.82) is 0 Å². The topological polar surface area (TPSA) is 12.5 Å². The van der Waals surface area contributed by atoms with E-state index in [9.17, 15) is 0 Å². The van der Waals surface area contributed by atoms with Crippen LogP contribution in [-0.2, 0) is 17.9 Å². The predicted molar refractivity (Wildman–Crippen MR) is 119 cm³/mol. The van der Waals surface area contributed by atoms with Gasteiger partial charge in [0.25, 0.3) is 0 Å². The molecular weight excluding hydrogens is 354 g/mol. The van der Waals surface area contributed by atoms with E-state index in [0.29, 0.717) is 18.7 Å². The van der Waals surface area contributed by atoms with Gasteiger partial charge in [-0.05, 0) is 29.5 Å². The summed E-state index contributed by atoms with van der Waals surface area (Å²) < 4.78 is 6.01. The first-order valence-electron chi connectivity index (χ1n) is 10.5. The Hall–Kier alpha value is -2.68. The molecule has 1 aliphatic rings. The highest BCUT2D eigenvalue weighted by Crippen LogP contribution is 2.32. The first-order chi connectivity index (χ1) is 14.4. The summed E-state index contributed by atoms with van der Waals surface area (Å²) in [5.74, 6) is 0. The molecule has 0 radical (unpaired) electrons. The molecule has 0 amide bonds. The quantitative estimate of drug-likeness (QED) is 0.341. The van der Waals surface area contributed by atoms with Crippen molar-refractivity contribution in [2.75, 3.05) is 6.61 Å². The molecule has 0 bridgehead atoms. The molecule has 2 atom stereocenters. The van der Waals surface area contributed by atoms with Crippen LogP contribution in [0.15, 0.2) is 103 Å². The van der Waals surface area contributed by atoms with Crippen LogP contribution in [0.5, 0.6) is 0 Å². The van der Waals surface area contributed by atoms with Gasteiger partial charge in [-0.2, -0.15) is 0 Å². The predicted octanol–water partition coefficient (Wildman–Crippen LogP) is 6.17. The number of benzene rings is 3. The standard InChI is InChI=1S/C27H29NO/c1-4-11-23(12-5-1)21-28-26(19-20-29-22-24-13-6-2-7-14-24)17-10-18-27(28)25-15-8-3-9-16-25/h1-16,18,26-27H,17,19-22H2. The highest BCUT2D eigenvalue weighted by Gasteiger charge is 2.28. The molecular formula is C27H29NO. The number of ether oxygens (including phenoxy) is 1. The van der Waals surface area contributed by atoms with Gasteiger partial charge in [-0.1, -0.05) is 103 Å². The third-order valence-electron chi connectivity index (χ3n) is 5.61. The van der Waals surface area contributed by atoms with Crippen LogP contribution in [0.2, 0.25) is 0 Å². The molecule has 0 fully saturated rings. The zero-order chi connectivity index (χ0) is 19.7. The van der Waals surface area contributed by atoms with Crippen LogP contribution in [0.1, 0.15) is 35.6 Å². The van der Waals surface area contributed by atoms with Gasteiger partial charge < -0.3 is 4.74 Å². The highest BCUT2D eigenvalue weighted by molar-refractivity contribution is 5.26. The summed E-state index contributed by atoms with van der Waals surface area (Å²) in [6.07, 6.45) is 6.82. The summed E-state index contributed by atoms with van der Waals surface area (Å²) in [5, 5.41) is 0. The lowest BCUT2D eigenvalue weighted by atomic mass is 9.94. The van der Waals surface area contributed by atoms with Gasteiger partial charge in [0.05, 0.1) is 12.6 Å². The minimum absolute atomic E-state index is 0.310. The lowest BCUT2D eigenvalue weighted by Gasteiger charge is -2.40. The van der Waals surface area contributed by atoms with Gasteiger partial charge in [0.2, 0.25) is 0 Å². The summed E-state index contributed by atoms with van der Waals surface area (Å²) in [7, 11) is 0. The molecule has 0 spiro atoms. The average Bonchev–Trinajstić information content (AvgIpc) is 2.79. The van der Waals surface area contributed by atoms with Crippen molar-refractivity contribution in [3.05, 3.63) is 120 Å². The minimum Gasteiger partial charge on any atom is -0.377 e. The minimum atomic E-state index is 0.310. The lowest BCUT2D eigenvalue weighted by Crippen LogP contribution is -2.40. The van der Waals surface area contributed by atoms with Crippen molar-refractivity contribution in [3.8, 4) is 0 Å². The third kappa shape index (κ3) is 5.44. The normalized spacial score (nSPS) is 19.3. The Kier molecular flexibility index (Phi) is 6.90. The van der Waals surface area contributed by atoms with Crippen molar-refractivity contribution in [3.63, 3.8) is 0 Å². The highest BCUT2D eigenvalue weighted by atomic mass is 16.5. The number of hydrogen-bond acceptors (Lipinski definition) is 2. The van der Waals surface area contributed by atoms with E-state index in [1.165, 1.54) is 16.7 Å². The van der Waals surface area contributed by atoms with E-state index < -0.39 is 0 Å². The van der Waals surface area contributed by atoms with Crippen molar-refractivity contribution in [1.82, 2.24) is 4.90 Å². The van der Waals surface area contributed by atoms with E-state index in [1.807, 2.05) is 6.07 Å². The molecule has 1 heterocycles. The van der Waals surface area contributed by atoms with Crippen LogP contribution in [-0.4, -0.2) is 17.5 Å². The SMILES string of the molecule is C1=CC(c2ccccc2)N(Cc2ccccc2)C(CCOCc2ccccc2)C1. The van der Waals surface area contributed by atoms with Gasteiger partial charge in [0.15, 0.2) is 0 Å². The second kappa shape index (κ2) is 10.2. The Bertz CT molecular complexity index is 876. The summed E-state index contributed by atoms with van der Waals surface area (Å²) in [5.41, 5.74) is 3.95. The smallest absolute Gasteiger partial charge is 0.0716 e. The van der Waals surface area contributed by atoms with Gasteiger partial charge in [-0.3, -0.25) is 4.90 Å². The maximum absolute atomic E-state index is 6.01. The Morgan fingerprint density at radius 3 is 2.07 bits per heavy atom. The van der Waals surface area contributed by atoms with Crippen molar-refractivity contribution in [2.24, 2.45) is 0 Å². The second-order valence-corrected chi connectivity index (χ2v) is 7.66. The van der Waals surface area contributed by atoms with E-state index in [2.05, 4.69) is 102 Å². The molecule has 0 aromatic heterocycles. The van der Waals surface area contributed by atoms with E-state index in [1.54, 1.807) is 0 Å². The molecule has 3 aromatic carbocycles. The Morgan fingerprint density at radius 1 is 0.759 bits per heavy atom. The molecule has 0 saturated carbocycles. The van der Waals surface area contributed by atoms with E-state index in [4.69, 9.17) is 4.74 Å². The van der Waals surface area contributed by atoms with Crippen molar-refractivity contribution < 1.29 is 4.74 Å². The zero-order valence-electron chi connectivity index (χ0n) is 16.9. The molecule has 1 aliphatic heterocycles. The first kappa shape index (κ1) is 19.6. The molecule has 0 aliphatic carbocycles. The van der Waals surface area contributed by atoms with Crippen LogP contribution < -0.4 is 0 Å². The number of nitrogens with zero attached hydrogens (tertiary/aromatic N) is 1. The maximum Gasteiger partial charge on any atom is 0.0716 e. The molecule has 2 heteroatoms. The maximum atomic E-state index is 6.01. The summed E-state index contributed by atoms with van der Waals surface area (Å²) >= 11 is 0. The molecule has 4 rings (SSSR count). The van der Waals surface area contributed by atoms with Crippen LogP contribution in [0, 0.1) is 0 Å². The molecule has 2 nitrogen and oxygen atoms in total. The van der Waals surface area contributed by atoms with Crippen molar-refractivity contribution in [2.45, 2.75) is 38.1 Å². The molecule has 2 unspecified atom stereocenters. The van der Waals surface area contributed by atoms with E-state index in [-0.39, 0.29) is 0 Å². The van der Waals surface area contributed by atoms with Crippen LogP contribution in [0.4, 0.5) is 0 Å². The lowest BCUT2D eigenvalue weighted by molar-refractivity contribution is 0.0707. The van der Waals surface area contributed by atoms with E-state index >= 15 is 0 Å². The van der Waals surface area contributed by atoms with Crippen molar-refractivity contribution >= 4 is 0 Å². The Balaban J connectivity index is 1.44. The number of rotatable bonds is 8. The monoisotopic (exact) mass is 383 g/mol. The third-order valence-corrected chi connectivity index (χ3v) is 5.61. The number of hydrogen-bond donors (Lipinski definition) is 0. The summed E-state index contributed by atoms with van der Waals surface area (Å²) in [6.45, 7) is 2.42. The van der Waals surface area contributed by atoms with Crippen LogP contribution in [0.25, 0.3) is 0 Å². The summed E-state index contributed by atoms with van der Waals surface area (Å²) in [4.78, 5) is 2.64. The van der Waals surface area contributed by atoms with Gasteiger partial charge in [-0.15, -0.1) is 0 Å². The molecule has 3 aromatic rings. The molecule has 0 N–H and O–H groups in total. The van der Waals surface area contributed by atoms with Crippen LogP contribution >= 0.6 is 0 Å². The van der Waals surface area contributed by atoms with Gasteiger partial charge in [-0.25, -0.2) is 0 Å². The fourth-order valence-corrected chi connectivity index (χ4v) is 4.08. The molecule has 148 valence electrons. The molecule has 29 heavy (non-hydrogen) atoms. The van der Waals surface area contributed by atoms with Crippen LogP contribution in [0.3, 0.4) is 0 Å². The molecule has 0 saturated heterocycles. The zero-order valence-corrected chi connectivity index (χ0v) is 16.9. The van der Waals surface area contributed by atoms with E-state index in [0.717, 1.165) is 26.0 Å². The van der Waals surface area contributed by atoms with Gasteiger partial charge >= 0.3 is 0 Å². The first-order valence-corrected chi connectivity index (χ1v) is 10.5.